The van der Waals surface area contributed by atoms with E-state index in [-0.39, 0.29) is 12.4 Å². The lowest BCUT2D eigenvalue weighted by atomic mass is 10.1. The van der Waals surface area contributed by atoms with Crippen LogP contribution in [-0.4, -0.2) is 18.6 Å². The minimum Gasteiger partial charge on any atom is -0.465 e. The second-order valence-electron chi connectivity index (χ2n) is 3.34. The van der Waals surface area contributed by atoms with Crippen molar-refractivity contribution in [1.29, 1.82) is 0 Å². The molecular weight excluding hydrogens is 284 g/mol. The zero-order valence-electron chi connectivity index (χ0n) is 9.28. The molecule has 3 nitrogen and oxygen atoms in total. The van der Waals surface area contributed by atoms with Gasteiger partial charge in [-0.1, -0.05) is 23.2 Å². The molecule has 0 fully saturated rings. The van der Waals surface area contributed by atoms with E-state index in [1.165, 1.54) is 0 Å². The summed E-state index contributed by atoms with van der Waals surface area (Å²) in [5.74, 6) is -0.418. The van der Waals surface area contributed by atoms with Crippen molar-refractivity contribution in [2.45, 2.75) is 19.4 Å². The lowest BCUT2D eigenvalue weighted by Gasteiger charge is -2.10. The van der Waals surface area contributed by atoms with Gasteiger partial charge in [-0.2, -0.15) is 0 Å². The van der Waals surface area contributed by atoms with Crippen molar-refractivity contribution in [2.24, 2.45) is 5.73 Å². The highest BCUT2D eigenvalue weighted by Gasteiger charge is 2.15. The van der Waals surface area contributed by atoms with Gasteiger partial charge in [-0.25, -0.2) is 0 Å². The van der Waals surface area contributed by atoms with Crippen LogP contribution < -0.4 is 5.73 Å². The quantitative estimate of drug-likeness (QED) is 0.870. The maximum atomic E-state index is 11.3. The fourth-order valence-corrected chi connectivity index (χ4v) is 1.89. The number of nitrogens with two attached hydrogens (primary N) is 1. The molecule has 0 spiro atoms. The van der Waals surface area contributed by atoms with E-state index >= 15 is 0 Å². The van der Waals surface area contributed by atoms with Crippen LogP contribution in [0.1, 0.15) is 12.5 Å². The summed E-state index contributed by atoms with van der Waals surface area (Å²) in [6.07, 6.45) is 0.360. The second kappa shape index (κ2) is 7.77. The maximum Gasteiger partial charge on any atom is 0.323 e. The molecule has 0 radical (unpaired) electrons. The number of hydrogen-bond acceptors (Lipinski definition) is 3. The summed E-state index contributed by atoms with van der Waals surface area (Å²) in [7, 11) is 0. The molecule has 96 valence electrons. The molecule has 1 unspecified atom stereocenters. The lowest BCUT2D eigenvalue weighted by Crippen LogP contribution is -2.34. The second-order valence-corrected chi connectivity index (χ2v) is 4.21. The SMILES string of the molecule is CCOC(=O)C(N)Cc1cc(Cl)cc(Cl)c1.Cl. The highest BCUT2D eigenvalue weighted by molar-refractivity contribution is 6.34. The molecule has 0 saturated heterocycles. The molecule has 1 aromatic rings. The number of benzene rings is 1. The Bertz CT molecular complexity index is 365. The first kappa shape index (κ1) is 16.5. The van der Waals surface area contributed by atoms with E-state index in [0.717, 1.165) is 5.56 Å². The van der Waals surface area contributed by atoms with Crippen molar-refractivity contribution >= 4 is 41.6 Å². The molecule has 1 rings (SSSR count). The first-order valence-electron chi connectivity index (χ1n) is 4.90. The summed E-state index contributed by atoms with van der Waals surface area (Å²) in [6.45, 7) is 2.06. The van der Waals surface area contributed by atoms with Gasteiger partial charge in [0.25, 0.3) is 0 Å². The molecule has 0 aliphatic carbocycles. The van der Waals surface area contributed by atoms with Crippen LogP contribution >= 0.6 is 35.6 Å². The number of halogens is 3. The highest BCUT2D eigenvalue weighted by Crippen LogP contribution is 2.19. The Morgan fingerprint density at radius 1 is 1.35 bits per heavy atom. The molecule has 0 aromatic heterocycles. The summed E-state index contributed by atoms with van der Waals surface area (Å²) < 4.78 is 4.81. The van der Waals surface area contributed by atoms with Gasteiger partial charge in [-0.15, -0.1) is 12.4 Å². The van der Waals surface area contributed by atoms with Gasteiger partial charge in [0.2, 0.25) is 0 Å². The van der Waals surface area contributed by atoms with E-state index in [1.54, 1.807) is 25.1 Å². The Kier molecular flexibility index (Phi) is 7.55. The monoisotopic (exact) mass is 297 g/mol. The van der Waals surface area contributed by atoms with Crippen LogP contribution in [0.25, 0.3) is 0 Å². The zero-order valence-corrected chi connectivity index (χ0v) is 11.6. The Balaban J connectivity index is 0.00000256. The average Bonchev–Trinajstić information content (AvgIpc) is 2.16. The number of carbonyl (C=O) groups is 1. The third-order valence-electron chi connectivity index (χ3n) is 1.97. The molecule has 1 atom stereocenters. The Labute approximate surface area is 117 Å². The Morgan fingerprint density at radius 2 is 1.88 bits per heavy atom. The van der Waals surface area contributed by atoms with Crippen molar-refractivity contribution in [3.63, 3.8) is 0 Å². The van der Waals surface area contributed by atoms with Crippen LogP contribution in [0, 0.1) is 0 Å². The molecule has 0 aliphatic heterocycles. The third-order valence-corrected chi connectivity index (χ3v) is 2.40. The van der Waals surface area contributed by atoms with Gasteiger partial charge in [-0.3, -0.25) is 4.79 Å². The van der Waals surface area contributed by atoms with Crippen molar-refractivity contribution in [3.8, 4) is 0 Å². The van der Waals surface area contributed by atoms with Gasteiger partial charge in [0, 0.05) is 10.0 Å². The van der Waals surface area contributed by atoms with E-state index in [2.05, 4.69) is 0 Å². The largest absolute Gasteiger partial charge is 0.465 e. The zero-order chi connectivity index (χ0) is 12.1. The molecule has 0 saturated carbocycles. The molecule has 0 heterocycles. The van der Waals surface area contributed by atoms with Crippen LogP contribution in [0.4, 0.5) is 0 Å². The van der Waals surface area contributed by atoms with Crippen LogP contribution in [0.2, 0.25) is 10.0 Å². The van der Waals surface area contributed by atoms with Gasteiger partial charge in [0.1, 0.15) is 6.04 Å². The Hall–Kier alpha value is -0.480. The predicted molar refractivity (Wildman–Crippen MR) is 72.0 cm³/mol. The standard InChI is InChI=1S/C11H13Cl2NO2.ClH/c1-2-16-11(15)10(14)5-7-3-8(12)6-9(13)4-7;/h3-4,6,10H,2,5,14H2,1H3;1H. The molecular formula is C11H14Cl3NO2. The fourth-order valence-electron chi connectivity index (χ4n) is 1.32. The van der Waals surface area contributed by atoms with Gasteiger partial charge in [0.15, 0.2) is 0 Å². The molecule has 6 heteroatoms. The van der Waals surface area contributed by atoms with Crippen molar-refractivity contribution in [1.82, 2.24) is 0 Å². The number of carbonyl (C=O) groups excluding carboxylic acids is 1. The van der Waals surface area contributed by atoms with Crippen LogP contribution in [0.3, 0.4) is 0 Å². The molecule has 0 amide bonds. The maximum absolute atomic E-state index is 11.3. The minimum atomic E-state index is -0.686. The van der Waals surface area contributed by atoms with Crippen molar-refractivity contribution in [3.05, 3.63) is 33.8 Å². The van der Waals surface area contributed by atoms with Crippen LogP contribution in [0.15, 0.2) is 18.2 Å². The normalized spacial score (nSPS) is 11.5. The summed E-state index contributed by atoms with van der Waals surface area (Å²) in [4.78, 5) is 11.3. The van der Waals surface area contributed by atoms with Crippen LogP contribution in [0.5, 0.6) is 0 Å². The summed E-state index contributed by atoms with van der Waals surface area (Å²) in [5.41, 5.74) is 6.49. The van der Waals surface area contributed by atoms with E-state index < -0.39 is 12.0 Å². The van der Waals surface area contributed by atoms with E-state index in [0.29, 0.717) is 23.1 Å². The Morgan fingerprint density at radius 3 is 2.35 bits per heavy atom. The first-order chi connectivity index (χ1) is 7.52. The molecule has 17 heavy (non-hydrogen) atoms. The van der Waals surface area contributed by atoms with Gasteiger partial charge in [0.05, 0.1) is 6.61 Å². The highest BCUT2D eigenvalue weighted by atomic mass is 35.5. The van der Waals surface area contributed by atoms with E-state index in [1.807, 2.05) is 0 Å². The smallest absolute Gasteiger partial charge is 0.323 e. The number of ether oxygens (including phenoxy) is 1. The molecule has 0 aliphatic rings. The topological polar surface area (TPSA) is 52.3 Å². The van der Waals surface area contributed by atoms with E-state index in [9.17, 15) is 4.79 Å². The predicted octanol–water partition coefficient (Wildman–Crippen LogP) is 2.85. The molecule has 0 bridgehead atoms. The lowest BCUT2D eigenvalue weighted by molar-refractivity contribution is -0.144. The van der Waals surface area contributed by atoms with Crippen LogP contribution in [-0.2, 0) is 16.0 Å². The summed E-state index contributed by atoms with van der Waals surface area (Å²) in [5, 5.41) is 1.05. The summed E-state index contributed by atoms with van der Waals surface area (Å²) in [6, 6.07) is 4.40. The third kappa shape index (κ3) is 5.59. The molecule has 1 aromatic carbocycles. The molecule has 2 N–H and O–H groups in total. The number of hydrogen-bond donors (Lipinski definition) is 1. The van der Waals surface area contributed by atoms with Gasteiger partial charge in [-0.05, 0) is 37.1 Å². The van der Waals surface area contributed by atoms with Crippen molar-refractivity contribution < 1.29 is 9.53 Å². The number of esters is 1. The fraction of sp³-hybridized carbons (Fsp3) is 0.364. The van der Waals surface area contributed by atoms with Gasteiger partial charge < -0.3 is 10.5 Å². The first-order valence-corrected chi connectivity index (χ1v) is 5.65. The average molecular weight is 299 g/mol. The van der Waals surface area contributed by atoms with Crippen molar-refractivity contribution in [2.75, 3.05) is 6.61 Å². The number of rotatable bonds is 4. The van der Waals surface area contributed by atoms with E-state index in [4.69, 9.17) is 33.7 Å². The van der Waals surface area contributed by atoms with Gasteiger partial charge >= 0.3 is 5.97 Å². The summed E-state index contributed by atoms with van der Waals surface area (Å²) >= 11 is 11.7. The minimum absolute atomic E-state index is 0.